The Morgan fingerprint density at radius 2 is 1.91 bits per heavy atom. The van der Waals surface area contributed by atoms with Crippen LogP contribution in [-0.4, -0.2) is 55.5 Å². The molecule has 2 rings (SSSR count). The molecular weight excluding hydrogens is 290 g/mol. The first kappa shape index (κ1) is 17.3. The average molecular weight is 314 g/mol. The third-order valence-corrected chi connectivity index (χ3v) is 3.93. The van der Waals surface area contributed by atoms with E-state index in [1.54, 1.807) is 7.11 Å². The second-order valence-electron chi connectivity index (χ2n) is 5.84. The number of rotatable bonds is 7. The van der Waals surface area contributed by atoms with Crippen LogP contribution >= 0.6 is 0 Å². The standard InChI is InChI=1S/C16H24F2N2O2/c1-22-11-16(21)10-20-4-2-15(3-5-20)19-9-12-6-13(17)8-14(18)7-12/h6-8,15-16,19,21H,2-5,9-11H2,1H3. The molecule has 22 heavy (non-hydrogen) atoms. The SMILES string of the molecule is COCC(O)CN1CCC(NCc2cc(F)cc(F)c2)CC1. The number of ether oxygens (including phenoxy) is 1. The number of nitrogens with zero attached hydrogens (tertiary/aromatic N) is 1. The lowest BCUT2D eigenvalue weighted by Crippen LogP contribution is -2.45. The molecule has 1 fully saturated rings. The van der Waals surface area contributed by atoms with Crippen LogP contribution in [0.1, 0.15) is 18.4 Å². The fraction of sp³-hybridized carbons (Fsp3) is 0.625. The lowest BCUT2D eigenvalue weighted by Gasteiger charge is -2.33. The van der Waals surface area contributed by atoms with E-state index in [1.807, 2.05) is 0 Å². The minimum Gasteiger partial charge on any atom is -0.389 e. The number of β-amino-alcohol motifs (C(OH)–C–C–N with tert-alkyl or cyclic N) is 1. The van der Waals surface area contributed by atoms with Gasteiger partial charge in [0.05, 0.1) is 12.7 Å². The monoisotopic (exact) mass is 314 g/mol. The number of benzene rings is 1. The number of halogens is 2. The molecule has 0 saturated carbocycles. The van der Waals surface area contributed by atoms with Crippen molar-refractivity contribution in [2.24, 2.45) is 0 Å². The zero-order valence-corrected chi connectivity index (χ0v) is 12.9. The van der Waals surface area contributed by atoms with E-state index in [2.05, 4.69) is 10.2 Å². The minimum atomic E-state index is -0.543. The molecule has 1 aliphatic rings. The van der Waals surface area contributed by atoms with Gasteiger partial charge in [0.1, 0.15) is 11.6 Å². The molecule has 4 nitrogen and oxygen atoms in total. The van der Waals surface area contributed by atoms with Gasteiger partial charge in [0.25, 0.3) is 0 Å². The summed E-state index contributed by atoms with van der Waals surface area (Å²) in [4.78, 5) is 2.21. The van der Waals surface area contributed by atoms with Crippen molar-refractivity contribution >= 4 is 0 Å². The van der Waals surface area contributed by atoms with Crippen LogP contribution in [0, 0.1) is 11.6 Å². The highest BCUT2D eigenvalue weighted by molar-refractivity contribution is 5.17. The highest BCUT2D eigenvalue weighted by Crippen LogP contribution is 2.13. The zero-order chi connectivity index (χ0) is 15.9. The van der Waals surface area contributed by atoms with Crippen molar-refractivity contribution in [3.63, 3.8) is 0 Å². The third-order valence-electron chi connectivity index (χ3n) is 3.93. The Bertz CT molecular complexity index is 445. The lowest BCUT2D eigenvalue weighted by atomic mass is 10.0. The summed E-state index contributed by atoms with van der Waals surface area (Å²) in [5.41, 5.74) is 0.621. The smallest absolute Gasteiger partial charge is 0.126 e. The molecule has 6 heteroatoms. The predicted octanol–water partition coefficient (Wildman–Crippen LogP) is 1.53. The number of likely N-dealkylation sites (tertiary alicyclic amines) is 1. The Morgan fingerprint density at radius 1 is 1.27 bits per heavy atom. The minimum absolute atomic E-state index is 0.335. The Morgan fingerprint density at radius 3 is 2.50 bits per heavy atom. The van der Waals surface area contributed by atoms with Crippen molar-refractivity contribution in [2.45, 2.75) is 31.5 Å². The molecule has 0 amide bonds. The Kier molecular flexibility index (Phi) is 6.70. The van der Waals surface area contributed by atoms with Crippen LogP contribution in [0.2, 0.25) is 0 Å². The van der Waals surface area contributed by atoms with Gasteiger partial charge >= 0.3 is 0 Å². The molecule has 1 aliphatic heterocycles. The molecule has 1 atom stereocenters. The van der Waals surface area contributed by atoms with Gasteiger partial charge in [-0.2, -0.15) is 0 Å². The quantitative estimate of drug-likeness (QED) is 0.801. The molecule has 0 spiro atoms. The number of piperidine rings is 1. The summed E-state index contributed by atoms with van der Waals surface area (Å²) in [7, 11) is 1.58. The first-order valence-corrected chi connectivity index (χ1v) is 7.64. The highest BCUT2D eigenvalue weighted by atomic mass is 19.1. The molecule has 0 aliphatic carbocycles. The predicted molar refractivity (Wildman–Crippen MR) is 80.5 cm³/mol. The van der Waals surface area contributed by atoms with Crippen molar-refractivity contribution < 1.29 is 18.6 Å². The second-order valence-corrected chi connectivity index (χ2v) is 5.84. The summed E-state index contributed by atoms with van der Waals surface area (Å²) in [5, 5.41) is 13.1. The molecule has 0 bridgehead atoms. The van der Waals surface area contributed by atoms with Crippen LogP contribution in [0.15, 0.2) is 18.2 Å². The van der Waals surface area contributed by atoms with Crippen molar-refractivity contribution in [3.05, 3.63) is 35.4 Å². The van der Waals surface area contributed by atoms with E-state index in [0.29, 0.717) is 31.3 Å². The number of nitrogens with one attached hydrogen (secondary N) is 1. The van der Waals surface area contributed by atoms with Gasteiger partial charge in [0, 0.05) is 32.3 Å². The van der Waals surface area contributed by atoms with Gasteiger partial charge in [-0.15, -0.1) is 0 Å². The van der Waals surface area contributed by atoms with Crippen LogP contribution in [0.4, 0.5) is 8.78 Å². The van der Waals surface area contributed by atoms with E-state index >= 15 is 0 Å². The molecule has 0 radical (unpaired) electrons. The summed E-state index contributed by atoms with van der Waals surface area (Å²) in [6.45, 7) is 3.23. The maximum Gasteiger partial charge on any atom is 0.126 e. The van der Waals surface area contributed by atoms with Gasteiger partial charge in [-0.3, -0.25) is 0 Å². The van der Waals surface area contributed by atoms with Crippen LogP contribution < -0.4 is 5.32 Å². The van der Waals surface area contributed by atoms with Gasteiger partial charge in [0.2, 0.25) is 0 Å². The van der Waals surface area contributed by atoms with Crippen molar-refractivity contribution in [1.82, 2.24) is 10.2 Å². The van der Waals surface area contributed by atoms with Gasteiger partial charge in [0.15, 0.2) is 0 Å². The molecule has 0 aromatic heterocycles. The van der Waals surface area contributed by atoms with E-state index in [4.69, 9.17) is 4.74 Å². The summed E-state index contributed by atoms with van der Waals surface area (Å²) in [5.74, 6) is -1.09. The van der Waals surface area contributed by atoms with Gasteiger partial charge in [-0.1, -0.05) is 0 Å². The molecule has 1 unspecified atom stereocenters. The first-order chi connectivity index (χ1) is 10.6. The fourth-order valence-corrected chi connectivity index (χ4v) is 2.84. The molecular formula is C16H24F2N2O2. The molecule has 1 saturated heterocycles. The maximum absolute atomic E-state index is 13.1. The average Bonchev–Trinajstić information content (AvgIpc) is 2.46. The van der Waals surface area contributed by atoms with Gasteiger partial charge in [-0.05, 0) is 43.6 Å². The van der Waals surface area contributed by atoms with Crippen LogP contribution in [0.5, 0.6) is 0 Å². The molecule has 1 aromatic rings. The van der Waals surface area contributed by atoms with Crippen LogP contribution in [0.25, 0.3) is 0 Å². The van der Waals surface area contributed by atoms with Crippen LogP contribution in [-0.2, 0) is 11.3 Å². The van der Waals surface area contributed by atoms with Gasteiger partial charge < -0.3 is 20.1 Å². The van der Waals surface area contributed by atoms with E-state index in [1.165, 1.54) is 12.1 Å². The summed E-state index contributed by atoms with van der Waals surface area (Å²) in [6, 6.07) is 3.92. The number of hydrogen-bond acceptors (Lipinski definition) is 4. The molecule has 2 N–H and O–H groups in total. The summed E-state index contributed by atoms with van der Waals surface area (Å²) >= 11 is 0. The van der Waals surface area contributed by atoms with E-state index in [0.717, 1.165) is 32.0 Å². The van der Waals surface area contributed by atoms with E-state index in [9.17, 15) is 13.9 Å². The summed E-state index contributed by atoms with van der Waals surface area (Å²) < 4.78 is 31.2. The van der Waals surface area contributed by atoms with E-state index < -0.39 is 17.7 Å². The van der Waals surface area contributed by atoms with Crippen molar-refractivity contribution in [3.8, 4) is 0 Å². The Balaban J connectivity index is 1.71. The zero-order valence-electron chi connectivity index (χ0n) is 12.9. The van der Waals surface area contributed by atoms with E-state index in [-0.39, 0.29) is 0 Å². The second kappa shape index (κ2) is 8.53. The molecule has 124 valence electrons. The number of hydrogen-bond donors (Lipinski definition) is 2. The largest absolute Gasteiger partial charge is 0.389 e. The first-order valence-electron chi connectivity index (χ1n) is 7.64. The maximum atomic E-state index is 13.1. The van der Waals surface area contributed by atoms with Crippen LogP contribution in [0.3, 0.4) is 0 Å². The van der Waals surface area contributed by atoms with Gasteiger partial charge in [-0.25, -0.2) is 8.78 Å². The van der Waals surface area contributed by atoms with Crippen molar-refractivity contribution in [2.75, 3.05) is 33.4 Å². The fourth-order valence-electron chi connectivity index (χ4n) is 2.84. The topological polar surface area (TPSA) is 44.7 Å². The Labute approximate surface area is 130 Å². The lowest BCUT2D eigenvalue weighted by molar-refractivity contribution is 0.0310. The summed E-state index contributed by atoms with van der Waals surface area (Å²) in [6.07, 6.45) is 1.46. The van der Waals surface area contributed by atoms with Crippen molar-refractivity contribution in [1.29, 1.82) is 0 Å². The Hall–Kier alpha value is -1.08. The number of aliphatic hydroxyl groups is 1. The number of methoxy groups -OCH3 is 1. The molecule has 1 heterocycles. The molecule has 1 aromatic carbocycles. The number of aliphatic hydroxyl groups excluding tert-OH is 1. The normalized spacial score (nSPS) is 18.5. The third kappa shape index (κ3) is 5.61. The highest BCUT2D eigenvalue weighted by Gasteiger charge is 2.20.